The number of hydrogen-bond donors (Lipinski definition) is 0. The lowest BCUT2D eigenvalue weighted by Gasteiger charge is -2.40. The average molecular weight is 285 g/mol. The highest BCUT2D eigenvalue weighted by Crippen LogP contribution is 2.34. The highest BCUT2D eigenvalue weighted by Gasteiger charge is 2.36. The van der Waals surface area contributed by atoms with Crippen LogP contribution in [0.1, 0.15) is 37.1 Å². The third-order valence-corrected chi connectivity index (χ3v) is 4.15. The first-order valence-electron chi connectivity index (χ1n) is 7.19. The lowest BCUT2D eigenvalue weighted by Crippen LogP contribution is -2.47. The van der Waals surface area contributed by atoms with Gasteiger partial charge in [-0.1, -0.05) is 37.3 Å². The van der Waals surface area contributed by atoms with Crippen LogP contribution in [0.25, 0.3) is 0 Å². The highest BCUT2D eigenvalue weighted by molar-refractivity contribution is 5.77. The second-order valence-electron chi connectivity index (χ2n) is 5.89. The van der Waals surface area contributed by atoms with Crippen LogP contribution < -0.4 is 0 Å². The van der Waals surface area contributed by atoms with Crippen LogP contribution in [0.4, 0.5) is 0 Å². The van der Waals surface area contributed by atoms with Crippen LogP contribution in [-0.4, -0.2) is 27.5 Å². The number of carbonyl (C=O) groups excluding carboxylic acids is 1. The van der Waals surface area contributed by atoms with E-state index in [-0.39, 0.29) is 11.3 Å². The second kappa shape index (κ2) is 5.31. The van der Waals surface area contributed by atoms with Crippen LogP contribution in [0.3, 0.4) is 0 Å². The molecular formula is C16H19N3O2. The number of likely N-dealkylation sites (tertiary alicyclic amines) is 1. The number of carbonyl (C=O) groups is 1. The van der Waals surface area contributed by atoms with Gasteiger partial charge in [0.15, 0.2) is 0 Å². The fourth-order valence-electron chi connectivity index (χ4n) is 2.91. The van der Waals surface area contributed by atoms with Crippen molar-refractivity contribution in [3.63, 3.8) is 0 Å². The van der Waals surface area contributed by atoms with Gasteiger partial charge in [-0.2, -0.15) is 0 Å². The van der Waals surface area contributed by atoms with Crippen LogP contribution in [0, 0.1) is 6.92 Å². The standard InChI is InChI=1S/C16H19N3O2/c1-12-17-18-14(21-12)10-19-11-16(2,9-8-15(19)20)13-6-4-3-5-7-13/h3-7H,8-11H2,1-2H3/t16-/m1/s1. The summed E-state index contributed by atoms with van der Waals surface area (Å²) in [6.45, 7) is 5.03. The summed E-state index contributed by atoms with van der Waals surface area (Å²) < 4.78 is 5.39. The molecule has 5 heteroatoms. The predicted molar refractivity (Wildman–Crippen MR) is 77.5 cm³/mol. The van der Waals surface area contributed by atoms with E-state index in [0.717, 1.165) is 6.42 Å². The van der Waals surface area contributed by atoms with Crippen LogP contribution in [-0.2, 0) is 16.8 Å². The molecule has 2 heterocycles. The lowest BCUT2D eigenvalue weighted by molar-refractivity contribution is -0.136. The van der Waals surface area contributed by atoms with Crippen LogP contribution >= 0.6 is 0 Å². The van der Waals surface area contributed by atoms with Gasteiger partial charge in [0.05, 0.1) is 6.54 Å². The molecule has 1 aromatic heterocycles. The molecule has 1 saturated heterocycles. The summed E-state index contributed by atoms with van der Waals surface area (Å²) >= 11 is 0. The molecule has 2 aromatic rings. The molecule has 0 radical (unpaired) electrons. The van der Waals surface area contributed by atoms with Gasteiger partial charge in [0.25, 0.3) is 0 Å². The number of piperidine rings is 1. The zero-order valence-corrected chi connectivity index (χ0v) is 12.4. The van der Waals surface area contributed by atoms with E-state index in [1.807, 2.05) is 23.1 Å². The first-order valence-corrected chi connectivity index (χ1v) is 7.19. The molecule has 1 aliphatic rings. The summed E-state index contributed by atoms with van der Waals surface area (Å²) in [6.07, 6.45) is 1.42. The van der Waals surface area contributed by atoms with Gasteiger partial charge in [-0.3, -0.25) is 4.79 Å². The summed E-state index contributed by atoms with van der Waals surface area (Å²) in [5.74, 6) is 1.18. The Labute approximate surface area is 124 Å². The van der Waals surface area contributed by atoms with Gasteiger partial charge in [0.2, 0.25) is 17.7 Å². The van der Waals surface area contributed by atoms with Crippen molar-refractivity contribution in [2.75, 3.05) is 6.54 Å². The van der Waals surface area contributed by atoms with Crippen LogP contribution in [0.15, 0.2) is 34.7 Å². The normalized spacial score (nSPS) is 22.6. The van der Waals surface area contributed by atoms with E-state index in [1.165, 1.54) is 5.56 Å². The largest absolute Gasteiger partial charge is 0.424 e. The fraction of sp³-hybridized carbons (Fsp3) is 0.438. The average Bonchev–Trinajstić information content (AvgIpc) is 2.89. The Kier molecular flexibility index (Phi) is 3.49. The Bertz CT molecular complexity index is 638. The number of aromatic nitrogens is 2. The van der Waals surface area contributed by atoms with Crippen molar-refractivity contribution in [3.05, 3.63) is 47.7 Å². The molecule has 3 rings (SSSR count). The minimum Gasteiger partial charge on any atom is -0.424 e. The number of hydrogen-bond acceptors (Lipinski definition) is 4. The lowest BCUT2D eigenvalue weighted by atomic mass is 9.76. The Morgan fingerprint density at radius 1 is 1.29 bits per heavy atom. The third-order valence-electron chi connectivity index (χ3n) is 4.15. The molecule has 0 bridgehead atoms. The van der Waals surface area contributed by atoms with Crippen molar-refractivity contribution in [2.45, 2.75) is 38.6 Å². The van der Waals surface area contributed by atoms with Crippen molar-refractivity contribution in [1.82, 2.24) is 15.1 Å². The summed E-state index contributed by atoms with van der Waals surface area (Å²) in [4.78, 5) is 14.0. The second-order valence-corrected chi connectivity index (χ2v) is 5.89. The number of aryl methyl sites for hydroxylation is 1. The monoisotopic (exact) mass is 285 g/mol. The SMILES string of the molecule is Cc1nnc(CN2C[C@](C)(c3ccccc3)CCC2=O)o1. The van der Waals surface area contributed by atoms with Crippen molar-refractivity contribution >= 4 is 5.91 Å². The molecule has 0 spiro atoms. The van der Waals surface area contributed by atoms with E-state index >= 15 is 0 Å². The van der Waals surface area contributed by atoms with Gasteiger partial charge < -0.3 is 9.32 Å². The van der Waals surface area contributed by atoms with Crippen molar-refractivity contribution in [1.29, 1.82) is 0 Å². The molecule has 0 aliphatic carbocycles. The minimum absolute atomic E-state index is 0.0236. The highest BCUT2D eigenvalue weighted by atomic mass is 16.4. The third kappa shape index (κ3) is 2.82. The van der Waals surface area contributed by atoms with Crippen molar-refractivity contribution in [3.8, 4) is 0 Å². The number of benzene rings is 1. The maximum Gasteiger partial charge on any atom is 0.235 e. The zero-order chi connectivity index (χ0) is 14.9. The van der Waals surface area contributed by atoms with Gasteiger partial charge in [0.1, 0.15) is 0 Å². The first kappa shape index (κ1) is 13.8. The van der Waals surface area contributed by atoms with E-state index in [2.05, 4.69) is 29.3 Å². The quantitative estimate of drug-likeness (QED) is 0.869. The summed E-state index contributed by atoms with van der Waals surface area (Å²) in [6, 6.07) is 10.4. The topological polar surface area (TPSA) is 59.2 Å². The zero-order valence-electron chi connectivity index (χ0n) is 12.4. The molecule has 1 amide bonds. The van der Waals surface area contributed by atoms with Gasteiger partial charge in [-0.15, -0.1) is 10.2 Å². The molecule has 0 unspecified atom stereocenters. The molecule has 1 fully saturated rings. The smallest absolute Gasteiger partial charge is 0.235 e. The van der Waals surface area contributed by atoms with Gasteiger partial charge in [-0.25, -0.2) is 0 Å². The van der Waals surface area contributed by atoms with Crippen molar-refractivity contribution < 1.29 is 9.21 Å². The molecule has 1 aromatic carbocycles. The molecule has 21 heavy (non-hydrogen) atoms. The molecule has 110 valence electrons. The molecule has 0 N–H and O–H groups in total. The van der Waals surface area contributed by atoms with E-state index in [1.54, 1.807) is 6.92 Å². The van der Waals surface area contributed by atoms with E-state index < -0.39 is 0 Å². The van der Waals surface area contributed by atoms with Gasteiger partial charge >= 0.3 is 0 Å². The molecule has 1 aliphatic heterocycles. The first-order chi connectivity index (χ1) is 10.1. The molecule has 0 saturated carbocycles. The Hall–Kier alpha value is -2.17. The number of nitrogens with zero attached hydrogens (tertiary/aromatic N) is 3. The summed E-state index contributed by atoms with van der Waals surface area (Å²) in [7, 11) is 0. The van der Waals surface area contributed by atoms with Gasteiger partial charge in [-0.05, 0) is 12.0 Å². The predicted octanol–water partition coefficient (Wildman–Crippen LogP) is 2.46. The minimum atomic E-state index is -0.0236. The fourth-order valence-corrected chi connectivity index (χ4v) is 2.91. The van der Waals surface area contributed by atoms with Crippen LogP contribution in [0.5, 0.6) is 0 Å². The molecule has 1 atom stereocenters. The van der Waals surface area contributed by atoms with E-state index in [0.29, 0.717) is 31.3 Å². The maximum atomic E-state index is 12.2. The maximum absolute atomic E-state index is 12.2. The molecular weight excluding hydrogens is 266 g/mol. The summed E-state index contributed by atoms with van der Waals surface area (Å²) in [5.41, 5.74) is 1.24. The molecule has 5 nitrogen and oxygen atoms in total. The Morgan fingerprint density at radius 3 is 2.71 bits per heavy atom. The van der Waals surface area contributed by atoms with Crippen LogP contribution in [0.2, 0.25) is 0 Å². The van der Waals surface area contributed by atoms with Crippen molar-refractivity contribution in [2.24, 2.45) is 0 Å². The number of amides is 1. The van der Waals surface area contributed by atoms with E-state index in [9.17, 15) is 4.79 Å². The van der Waals surface area contributed by atoms with Gasteiger partial charge in [0, 0.05) is 25.3 Å². The van der Waals surface area contributed by atoms with E-state index in [4.69, 9.17) is 4.42 Å². The Morgan fingerprint density at radius 2 is 2.05 bits per heavy atom. The Balaban J connectivity index is 1.80. The number of rotatable bonds is 3. The summed E-state index contributed by atoms with van der Waals surface area (Å²) in [5, 5.41) is 7.80.